The molecular weight excluding hydrogens is 242 g/mol. The highest BCUT2D eigenvalue weighted by atomic mass is 16.5. The number of nitriles is 1. The molecule has 1 aliphatic rings. The van der Waals surface area contributed by atoms with E-state index in [1.165, 1.54) is 13.2 Å². The standard InChI is InChI=1S/C14H19N3O2/c1-19-14-9-13(18)11(8-12(14)10-15)2-5-17-6-3-16-4-7-17/h8-9,16,18H,2-7H2,1H3. The molecule has 0 amide bonds. The molecular formula is C14H19N3O2. The number of hydrogen-bond acceptors (Lipinski definition) is 5. The first-order valence-electron chi connectivity index (χ1n) is 6.47. The molecule has 5 nitrogen and oxygen atoms in total. The van der Waals surface area contributed by atoms with Crippen LogP contribution in [-0.4, -0.2) is 49.8 Å². The molecule has 2 rings (SSSR count). The van der Waals surface area contributed by atoms with Crippen LogP contribution in [0.4, 0.5) is 0 Å². The Labute approximate surface area is 113 Å². The highest BCUT2D eigenvalue weighted by molar-refractivity contribution is 5.51. The summed E-state index contributed by atoms with van der Waals surface area (Å²) in [5.74, 6) is 0.622. The Morgan fingerprint density at radius 2 is 2.16 bits per heavy atom. The molecule has 0 spiro atoms. The van der Waals surface area contributed by atoms with Gasteiger partial charge in [0.05, 0.1) is 12.7 Å². The van der Waals surface area contributed by atoms with Crippen molar-refractivity contribution >= 4 is 0 Å². The first kappa shape index (κ1) is 13.7. The number of nitrogens with zero attached hydrogens (tertiary/aromatic N) is 2. The third-order valence-corrected chi connectivity index (χ3v) is 3.43. The Bertz CT molecular complexity index is 476. The lowest BCUT2D eigenvalue weighted by molar-refractivity contribution is 0.243. The van der Waals surface area contributed by atoms with Gasteiger partial charge in [0.25, 0.3) is 0 Å². The minimum atomic E-state index is 0.200. The van der Waals surface area contributed by atoms with Gasteiger partial charge in [-0.2, -0.15) is 5.26 Å². The van der Waals surface area contributed by atoms with Gasteiger partial charge in [-0.1, -0.05) is 0 Å². The molecule has 1 aromatic carbocycles. The molecule has 0 aromatic heterocycles. The van der Waals surface area contributed by atoms with Gasteiger partial charge in [-0.05, 0) is 18.1 Å². The SMILES string of the molecule is COc1cc(O)c(CCN2CCNCC2)cc1C#N. The van der Waals surface area contributed by atoms with Gasteiger partial charge in [-0.3, -0.25) is 0 Å². The van der Waals surface area contributed by atoms with Crippen molar-refractivity contribution in [1.29, 1.82) is 5.26 Å². The van der Waals surface area contributed by atoms with Gasteiger partial charge in [-0.15, -0.1) is 0 Å². The minimum Gasteiger partial charge on any atom is -0.508 e. The average Bonchev–Trinajstić information content (AvgIpc) is 2.46. The van der Waals surface area contributed by atoms with Crippen LogP contribution in [0.15, 0.2) is 12.1 Å². The number of rotatable bonds is 4. The predicted molar refractivity (Wildman–Crippen MR) is 72.4 cm³/mol. The lowest BCUT2D eigenvalue weighted by Crippen LogP contribution is -2.44. The number of phenols is 1. The number of phenolic OH excluding ortho intramolecular Hbond substituents is 1. The second-order valence-electron chi connectivity index (χ2n) is 4.63. The largest absolute Gasteiger partial charge is 0.508 e. The maximum absolute atomic E-state index is 9.95. The van der Waals surface area contributed by atoms with E-state index in [4.69, 9.17) is 10.00 Å². The van der Waals surface area contributed by atoms with Gasteiger partial charge in [0, 0.05) is 38.8 Å². The zero-order chi connectivity index (χ0) is 13.7. The van der Waals surface area contributed by atoms with Crippen molar-refractivity contribution in [3.05, 3.63) is 23.3 Å². The molecule has 1 saturated heterocycles. The number of piperazine rings is 1. The van der Waals surface area contributed by atoms with E-state index in [2.05, 4.69) is 16.3 Å². The number of benzene rings is 1. The summed E-state index contributed by atoms with van der Waals surface area (Å²) in [6, 6.07) is 5.33. The summed E-state index contributed by atoms with van der Waals surface area (Å²) in [5, 5.41) is 22.3. The van der Waals surface area contributed by atoms with E-state index in [0.717, 1.165) is 44.7 Å². The molecule has 102 valence electrons. The van der Waals surface area contributed by atoms with Crippen molar-refractivity contribution in [3.63, 3.8) is 0 Å². The number of nitrogens with one attached hydrogen (secondary N) is 1. The van der Waals surface area contributed by atoms with Crippen molar-refractivity contribution in [2.45, 2.75) is 6.42 Å². The van der Waals surface area contributed by atoms with Crippen LogP contribution in [0.5, 0.6) is 11.5 Å². The van der Waals surface area contributed by atoms with Crippen LogP contribution in [0.2, 0.25) is 0 Å². The van der Waals surface area contributed by atoms with E-state index in [-0.39, 0.29) is 5.75 Å². The Hall–Kier alpha value is -1.77. The Morgan fingerprint density at radius 1 is 1.42 bits per heavy atom. The van der Waals surface area contributed by atoms with Crippen molar-refractivity contribution in [2.75, 3.05) is 39.8 Å². The maximum Gasteiger partial charge on any atom is 0.140 e. The fourth-order valence-electron chi connectivity index (χ4n) is 2.28. The van der Waals surface area contributed by atoms with Crippen molar-refractivity contribution < 1.29 is 9.84 Å². The zero-order valence-electron chi connectivity index (χ0n) is 11.1. The smallest absolute Gasteiger partial charge is 0.140 e. The highest BCUT2D eigenvalue weighted by Crippen LogP contribution is 2.28. The molecule has 2 N–H and O–H groups in total. The molecule has 0 atom stereocenters. The number of ether oxygens (including phenoxy) is 1. The number of hydrogen-bond donors (Lipinski definition) is 2. The van der Waals surface area contributed by atoms with Gasteiger partial charge in [0.2, 0.25) is 0 Å². The third kappa shape index (κ3) is 3.37. The molecule has 5 heteroatoms. The van der Waals surface area contributed by atoms with Crippen LogP contribution in [0.3, 0.4) is 0 Å². The normalized spacial score (nSPS) is 16.0. The van der Waals surface area contributed by atoms with Crippen LogP contribution in [0, 0.1) is 11.3 Å². The predicted octanol–water partition coefficient (Wildman–Crippen LogP) is 0.720. The molecule has 0 bridgehead atoms. The van der Waals surface area contributed by atoms with Crippen molar-refractivity contribution in [2.24, 2.45) is 0 Å². The van der Waals surface area contributed by atoms with E-state index >= 15 is 0 Å². The van der Waals surface area contributed by atoms with Gasteiger partial charge in [0.1, 0.15) is 17.6 Å². The Morgan fingerprint density at radius 3 is 2.79 bits per heavy atom. The minimum absolute atomic E-state index is 0.200. The van der Waals surface area contributed by atoms with Gasteiger partial charge >= 0.3 is 0 Å². The summed E-state index contributed by atoms with van der Waals surface area (Å²) in [6.07, 6.45) is 0.741. The lowest BCUT2D eigenvalue weighted by atomic mass is 10.1. The summed E-state index contributed by atoms with van der Waals surface area (Å²) >= 11 is 0. The van der Waals surface area contributed by atoms with E-state index in [9.17, 15) is 5.11 Å². The highest BCUT2D eigenvalue weighted by Gasteiger charge is 2.13. The second-order valence-corrected chi connectivity index (χ2v) is 4.63. The number of methoxy groups -OCH3 is 1. The molecule has 1 fully saturated rings. The molecule has 1 aromatic rings. The first-order chi connectivity index (χ1) is 9.24. The molecule has 1 heterocycles. The van der Waals surface area contributed by atoms with E-state index < -0.39 is 0 Å². The van der Waals surface area contributed by atoms with Crippen LogP contribution < -0.4 is 10.1 Å². The van der Waals surface area contributed by atoms with E-state index in [1.807, 2.05) is 0 Å². The maximum atomic E-state index is 9.95. The average molecular weight is 261 g/mol. The quantitative estimate of drug-likeness (QED) is 0.836. The summed E-state index contributed by atoms with van der Waals surface area (Å²) < 4.78 is 5.07. The van der Waals surface area contributed by atoms with Gasteiger partial charge in [0.15, 0.2) is 0 Å². The summed E-state index contributed by atoms with van der Waals surface area (Å²) in [4.78, 5) is 2.35. The molecule has 0 radical (unpaired) electrons. The molecule has 0 unspecified atom stereocenters. The first-order valence-corrected chi connectivity index (χ1v) is 6.47. The van der Waals surface area contributed by atoms with E-state index in [0.29, 0.717) is 11.3 Å². The van der Waals surface area contributed by atoms with Gasteiger partial charge < -0.3 is 20.1 Å². The van der Waals surface area contributed by atoms with Crippen molar-refractivity contribution in [3.8, 4) is 17.6 Å². The monoisotopic (exact) mass is 261 g/mol. The fraction of sp³-hybridized carbons (Fsp3) is 0.500. The number of aromatic hydroxyl groups is 1. The van der Waals surface area contributed by atoms with Crippen molar-refractivity contribution in [1.82, 2.24) is 10.2 Å². The third-order valence-electron chi connectivity index (χ3n) is 3.43. The topological polar surface area (TPSA) is 68.5 Å². The molecule has 0 aliphatic carbocycles. The van der Waals surface area contributed by atoms with E-state index in [1.54, 1.807) is 6.07 Å². The second kappa shape index (κ2) is 6.41. The molecule has 1 aliphatic heterocycles. The Kier molecular flexibility index (Phi) is 4.61. The van der Waals surface area contributed by atoms with Crippen LogP contribution >= 0.6 is 0 Å². The Balaban J connectivity index is 2.05. The fourth-order valence-corrected chi connectivity index (χ4v) is 2.28. The zero-order valence-corrected chi connectivity index (χ0v) is 11.1. The molecule has 19 heavy (non-hydrogen) atoms. The van der Waals surface area contributed by atoms with Crippen LogP contribution in [0.25, 0.3) is 0 Å². The van der Waals surface area contributed by atoms with Crippen LogP contribution in [-0.2, 0) is 6.42 Å². The summed E-state index contributed by atoms with van der Waals surface area (Å²) in [7, 11) is 1.50. The molecule has 0 saturated carbocycles. The lowest BCUT2D eigenvalue weighted by Gasteiger charge is -2.27. The van der Waals surface area contributed by atoms with Gasteiger partial charge in [-0.25, -0.2) is 0 Å². The summed E-state index contributed by atoms with van der Waals surface area (Å²) in [6.45, 7) is 4.98. The van der Waals surface area contributed by atoms with Crippen LogP contribution in [0.1, 0.15) is 11.1 Å². The summed E-state index contributed by atoms with van der Waals surface area (Å²) in [5.41, 5.74) is 1.27.